The number of hydrogen-bond acceptors (Lipinski definition) is 7. The highest BCUT2D eigenvalue weighted by Crippen LogP contribution is 2.38. The lowest BCUT2D eigenvalue weighted by Crippen LogP contribution is -2.48. The number of piperidine rings is 1. The predicted octanol–water partition coefficient (Wildman–Crippen LogP) is 5.32. The van der Waals surface area contributed by atoms with Crippen molar-refractivity contribution in [1.82, 2.24) is 20.2 Å². The molecule has 3 aromatic rings. The number of methoxy groups -OCH3 is 1. The lowest BCUT2D eigenvalue weighted by Gasteiger charge is -2.41. The summed E-state index contributed by atoms with van der Waals surface area (Å²) in [5.74, 6) is 1.32. The minimum absolute atomic E-state index is 0.0309. The summed E-state index contributed by atoms with van der Waals surface area (Å²) in [5, 5.41) is 6.56. The summed E-state index contributed by atoms with van der Waals surface area (Å²) >= 11 is 5.95. The van der Waals surface area contributed by atoms with Gasteiger partial charge in [0.15, 0.2) is 17.3 Å². The molecule has 1 aliphatic carbocycles. The van der Waals surface area contributed by atoms with E-state index < -0.39 is 5.82 Å². The number of halogens is 2. The number of anilines is 2. The molecule has 5 rings (SSSR count). The molecule has 0 unspecified atom stereocenters. The van der Waals surface area contributed by atoms with E-state index in [0.29, 0.717) is 34.3 Å². The Morgan fingerprint density at radius 1 is 1.13 bits per heavy atom. The van der Waals surface area contributed by atoms with Crippen molar-refractivity contribution in [2.24, 2.45) is 5.92 Å². The van der Waals surface area contributed by atoms with Gasteiger partial charge in [-0.25, -0.2) is 14.4 Å². The molecule has 8 nitrogen and oxygen atoms in total. The van der Waals surface area contributed by atoms with Crippen LogP contribution in [0.3, 0.4) is 0 Å². The first-order valence-electron chi connectivity index (χ1n) is 13.1. The normalized spacial score (nSPS) is 22.2. The van der Waals surface area contributed by atoms with E-state index in [0.717, 1.165) is 51.6 Å². The topological polar surface area (TPSA) is 88.6 Å². The zero-order valence-electron chi connectivity index (χ0n) is 21.7. The number of carbonyl (C=O) groups excluding carboxylic acids is 1. The standard InChI is InChI=1S/C28H33ClFN5O3/c1-31-28(36)17-5-4-12-35(15-17)18-8-10-19(11-9-18)38-25-13-20-23(14-24(25)37-2)32-16-33-27(20)34-22-7-3-6-21(29)26(22)30/h3,6-7,13-14,16-19H,4-5,8-12,15H2,1-2H3,(H,31,36)(H,32,33,34)/t17-,18-,19+/m1/s1. The van der Waals surface area contributed by atoms with E-state index in [1.165, 1.54) is 12.4 Å². The first-order chi connectivity index (χ1) is 18.5. The number of amides is 1. The second-order valence-electron chi connectivity index (χ2n) is 9.97. The van der Waals surface area contributed by atoms with Gasteiger partial charge in [0.05, 0.1) is 35.4 Å². The van der Waals surface area contributed by atoms with Gasteiger partial charge in [-0.05, 0) is 63.3 Å². The molecule has 2 aliphatic rings. The molecule has 1 aromatic heterocycles. The smallest absolute Gasteiger partial charge is 0.224 e. The van der Waals surface area contributed by atoms with Crippen LogP contribution < -0.4 is 20.1 Å². The lowest BCUT2D eigenvalue weighted by atomic mass is 9.88. The van der Waals surface area contributed by atoms with Crippen LogP contribution in [0.25, 0.3) is 10.9 Å². The Labute approximate surface area is 226 Å². The quantitative estimate of drug-likeness (QED) is 0.418. The van der Waals surface area contributed by atoms with Crippen molar-refractivity contribution in [3.8, 4) is 11.5 Å². The van der Waals surface area contributed by atoms with Crippen LogP contribution in [0.1, 0.15) is 38.5 Å². The number of benzene rings is 2. The summed E-state index contributed by atoms with van der Waals surface area (Å²) in [6.45, 7) is 1.88. The molecular formula is C28H33ClFN5O3. The van der Waals surface area contributed by atoms with Crippen LogP contribution in [0.4, 0.5) is 15.9 Å². The van der Waals surface area contributed by atoms with Gasteiger partial charge in [-0.3, -0.25) is 9.69 Å². The maximum absolute atomic E-state index is 14.5. The molecule has 1 amide bonds. The Bertz CT molecular complexity index is 1300. The fourth-order valence-corrected chi connectivity index (χ4v) is 5.78. The second-order valence-corrected chi connectivity index (χ2v) is 10.4. The average Bonchev–Trinajstić information content (AvgIpc) is 2.95. The van der Waals surface area contributed by atoms with E-state index in [2.05, 4.69) is 25.5 Å². The van der Waals surface area contributed by atoms with Crippen LogP contribution in [-0.4, -0.2) is 60.2 Å². The summed E-state index contributed by atoms with van der Waals surface area (Å²) in [7, 11) is 3.32. The lowest BCUT2D eigenvalue weighted by molar-refractivity contribution is -0.126. The van der Waals surface area contributed by atoms with Gasteiger partial charge in [0.1, 0.15) is 12.1 Å². The summed E-state index contributed by atoms with van der Waals surface area (Å²) in [5.41, 5.74) is 0.874. The number of fused-ring (bicyclic) bond motifs is 1. The third kappa shape index (κ3) is 5.63. The largest absolute Gasteiger partial charge is 0.493 e. The van der Waals surface area contributed by atoms with Crippen LogP contribution in [0.5, 0.6) is 11.5 Å². The molecule has 38 heavy (non-hydrogen) atoms. The van der Waals surface area contributed by atoms with E-state index in [1.807, 2.05) is 12.1 Å². The SMILES string of the molecule is CNC(=O)[C@@H]1CCCN([C@H]2CC[C@@H](Oc3cc4c(Nc5cccc(Cl)c5F)ncnc4cc3OC)CC2)C1. The van der Waals surface area contributed by atoms with Crippen molar-refractivity contribution in [2.75, 3.05) is 32.6 Å². The van der Waals surface area contributed by atoms with Crippen molar-refractivity contribution in [2.45, 2.75) is 50.7 Å². The fraction of sp³-hybridized carbons (Fsp3) is 0.464. The van der Waals surface area contributed by atoms with E-state index in [9.17, 15) is 9.18 Å². The molecule has 2 heterocycles. The molecule has 2 fully saturated rings. The fourth-order valence-electron chi connectivity index (χ4n) is 5.61. The molecule has 1 saturated heterocycles. The van der Waals surface area contributed by atoms with Crippen molar-refractivity contribution in [3.05, 3.63) is 47.5 Å². The van der Waals surface area contributed by atoms with E-state index >= 15 is 0 Å². The number of ether oxygens (including phenoxy) is 2. The molecule has 2 N–H and O–H groups in total. The zero-order valence-corrected chi connectivity index (χ0v) is 22.4. The van der Waals surface area contributed by atoms with Crippen molar-refractivity contribution in [1.29, 1.82) is 0 Å². The number of aromatic nitrogens is 2. The van der Waals surface area contributed by atoms with Gasteiger partial charge < -0.3 is 20.1 Å². The molecule has 2 aromatic carbocycles. The molecule has 0 spiro atoms. The van der Waals surface area contributed by atoms with E-state index in [1.54, 1.807) is 26.3 Å². The van der Waals surface area contributed by atoms with Gasteiger partial charge >= 0.3 is 0 Å². The first kappa shape index (κ1) is 26.4. The molecule has 202 valence electrons. The third-order valence-electron chi connectivity index (χ3n) is 7.65. The first-order valence-corrected chi connectivity index (χ1v) is 13.5. The van der Waals surface area contributed by atoms with Crippen molar-refractivity contribution >= 4 is 39.9 Å². The van der Waals surface area contributed by atoms with Gasteiger partial charge in [-0.1, -0.05) is 17.7 Å². The Morgan fingerprint density at radius 3 is 2.71 bits per heavy atom. The highest BCUT2D eigenvalue weighted by Gasteiger charge is 2.32. The minimum atomic E-state index is -0.543. The number of likely N-dealkylation sites (tertiary alicyclic amines) is 1. The monoisotopic (exact) mass is 541 g/mol. The maximum Gasteiger partial charge on any atom is 0.224 e. The number of hydrogen-bond donors (Lipinski definition) is 2. The molecule has 10 heteroatoms. The summed E-state index contributed by atoms with van der Waals surface area (Å²) in [6.07, 6.45) is 7.35. The Hall–Kier alpha value is -3.17. The molecular weight excluding hydrogens is 509 g/mol. The highest BCUT2D eigenvalue weighted by molar-refractivity contribution is 6.31. The number of nitrogens with zero attached hydrogens (tertiary/aromatic N) is 3. The van der Waals surface area contributed by atoms with Crippen LogP contribution in [-0.2, 0) is 4.79 Å². The van der Waals surface area contributed by atoms with Crippen LogP contribution >= 0.6 is 11.6 Å². The Morgan fingerprint density at radius 2 is 1.95 bits per heavy atom. The summed E-state index contributed by atoms with van der Waals surface area (Å²) in [6, 6.07) is 8.91. The maximum atomic E-state index is 14.5. The molecule has 1 aliphatic heterocycles. The van der Waals surface area contributed by atoms with E-state index in [4.69, 9.17) is 21.1 Å². The average molecular weight is 542 g/mol. The van der Waals surface area contributed by atoms with Gasteiger partial charge in [0.2, 0.25) is 5.91 Å². The van der Waals surface area contributed by atoms with Crippen LogP contribution in [0, 0.1) is 11.7 Å². The summed E-state index contributed by atoms with van der Waals surface area (Å²) < 4.78 is 26.6. The van der Waals surface area contributed by atoms with Crippen LogP contribution in [0.2, 0.25) is 5.02 Å². The van der Waals surface area contributed by atoms with Crippen LogP contribution in [0.15, 0.2) is 36.7 Å². The number of nitrogens with one attached hydrogen (secondary N) is 2. The van der Waals surface area contributed by atoms with Gasteiger partial charge in [-0.2, -0.15) is 0 Å². The van der Waals surface area contributed by atoms with Gasteiger partial charge in [0, 0.05) is 31.1 Å². The molecule has 1 atom stereocenters. The van der Waals surface area contributed by atoms with Crippen molar-refractivity contribution < 1.29 is 18.7 Å². The number of rotatable bonds is 7. The minimum Gasteiger partial charge on any atom is -0.493 e. The zero-order chi connectivity index (χ0) is 26.6. The third-order valence-corrected chi connectivity index (χ3v) is 7.94. The van der Waals surface area contributed by atoms with Gasteiger partial charge in [-0.15, -0.1) is 0 Å². The second kappa shape index (κ2) is 11.7. The molecule has 1 saturated carbocycles. The Balaban J connectivity index is 1.30. The van der Waals surface area contributed by atoms with E-state index in [-0.39, 0.29) is 28.6 Å². The summed E-state index contributed by atoms with van der Waals surface area (Å²) in [4.78, 5) is 23.3. The predicted molar refractivity (Wildman–Crippen MR) is 146 cm³/mol. The molecule has 0 radical (unpaired) electrons. The number of carbonyl (C=O) groups is 1. The van der Waals surface area contributed by atoms with Gasteiger partial charge in [0.25, 0.3) is 0 Å². The van der Waals surface area contributed by atoms with Crippen molar-refractivity contribution in [3.63, 3.8) is 0 Å². The highest BCUT2D eigenvalue weighted by atomic mass is 35.5. The molecule has 0 bridgehead atoms. The Kier molecular flexibility index (Phi) is 8.14.